The second kappa shape index (κ2) is 4.58. The second-order valence-electron chi connectivity index (χ2n) is 2.98. The van der Waals surface area contributed by atoms with Gasteiger partial charge < -0.3 is 10.5 Å². The van der Waals surface area contributed by atoms with Crippen LogP contribution in [0.25, 0.3) is 0 Å². The average Bonchev–Trinajstić information content (AvgIpc) is 2.18. The Morgan fingerprint density at radius 1 is 1.50 bits per heavy atom. The van der Waals surface area contributed by atoms with Gasteiger partial charge >= 0.3 is 5.97 Å². The third kappa shape index (κ3) is 2.44. The molecule has 1 aromatic carbocycles. The van der Waals surface area contributed by atoms with Gasteiger partial charge in [-0.3, -0.25) is 0 Å². The van der Waals surface area contributed by atoms with Gasteiger partial charge in [0.25, 0.3) is 0 Å². The number of ether oxygens (including phenoxy) is 1. The molecule has 1 aromatic rings. The Hall–Kier alpha value is -1.61. The van der Waals surface area contributed by atoms with Gasteiger partial charge in [0.1, 0.15) is 5.75 Å². The maximum atomic E-state index is 11.2. The lowest BCUT2D eigenvalue weighted by Gasteiger charge is -2.07. The molecule has 0 saturated carbocycles. The lowest BCUT2D eigenvalue weighted by atomic mass is 10.2. The second-order valence-corrected chi connectivity index (χ2v) is 2.98. The molecule has 0 saturated heterocycles. The highest BCUT2D eigenvalue weighted by Gasteiger charge is 2.07. The topological polar surface area (TPSA) is 52.3 Å². The van der Waals surface area contributed by atoms with Crippen LogP contribution >= 0.6 is 0 Å². The van der Waals surface area contributed by atoms with E-state index in [9.17, 15) is 4.79 Å². The summed E-state index contributed by atoms with van der Waals surface area (Å²) >= 11 is 0. The molecule has 1 rings (SSSR count). The number of hydrogen-bond acceptors (Lipinski definition) is 3. The van der Waals surface area contributed by atoms with Crippen molar-refractivity contribution < 1.29 is 9.53 Å². The molecule has 0 unspecified atom stereocenters. The van der Waals surface area contributed by atoms with Crippen LogP contribution in [-0.2, 0) is 11.3 Å². The minimum Gasteiger partial charge on any atom is -0.423 e. The van der Waals surface area contributed by atoms with Crippen molar-refractivity contribution >= 4 is 5.97 Å². The quantitative estimate of drug-likeness (QED) is 0.449. The SMILES string of the molecule is C=C(C)C(=O)Oc1ccccc1CN. The molecule has 0 aliphatic rings. The summed E-state index contributed by atoms with van der Waals surface area (Å²) in [6.45, 7) is 5.45. The maximum absolute atomic E-state index is 11.2. The fourth-order valence-electron chi connectivity index (χ4n) is 0.959. The maximum Gasteiger partial charge on any atom is 0.338 e. The normalized spacial score (nSPS) is 9.57. The summed E-state index contributed by atoms with van der Waals surface area (Å²) in [7, 11) is 0. The molecule has 3 nitrogen and oxygen atoms in total. The van der Waals surface area contributed by atoms with Crippen LogP contribution in [0.2, 0.25) is 0 Å². The van der Waals surface area contributed by atoms with Gasteiger partial charge in [0.15, 0.2) is 0 Å². The first-order valence-corrected chi connectivity index (χ1v) is 4.31. The minimum atomic E-state index is -0.425. The molecule has 0 aromatic heterocycles. The van der Waals surface area contributed by atoms with Crippen LogP contribution in [0.1, 0.15) is 12.5 Å². The van der Waals surface area contributed by atoms with Gasteiger partial charge in [0, 0.05) is 17.7 Å². The van der Waals surface area contributed by atoms with Crippen LogP contribution in [0.5, 0.6) is 5.75 Å². The summed E-state index contributed by atoms with van der Waals surface area (Å²) in [4.78, 5) is 11.2. The van der Waals surface area contributed by atoms with Crippen molar-refractivity contribution in [2.24, 2.45) is 5.73 Å². The van der Waals surface area contributed by atoms with Crippen LogP contribution in [0, 0.1) is 0 Å². The first-order valence-electron chi connectivity index (χ1n) is 4.31. The molecule has 0 amide bonds. The molecule has 0 heterocycles. The number of benzene rings is 1. The Balaban J connectivity index is 2.85. The van der Waals surface area contributed by atoms with Crippen LogP contribution in [-0.4, -0.2) is 5.97 Å². The fraction of sp³-hybridized carbons (Fsp3) is 0.182. The van der Waals surface area contributed by atoms with Crippen molar-refractivity contribution in [1.82, 2.24) is 0 Å². The van der Waals surface area contributed by atoms with E-state index in [1.54, 1.807) is 19.1 Å². The zero-order chi connectivity index (χ0) is 10.6. The largest absolute Gasteiger partial charge is 0.423 e. The van der Waals surface area contributed by atoms with Crippen LogP contribution < -0.4 is 10.5 Å². The Labute approximate surface area is 83.2 Å². The number of hydrogen-bond donors (Lipinski definition) is 1. The van der Waals surface area contributed by atoms with E-state index in [1.165, 1.54) is 0 Å². The molecule has 0 aliphatic heterocycles. The van der Waals surface area contributed by atoms with Gasteiger partial charge in [-0.15, -0.1) is 0 Å². The number of para-hydroxylation sites is 1. The van der Waals surface area contributed by atoms with Gasteiger partial charge in [-0.2, -0.15) is 0 Å². The number of nitrogens with two attached hydrogens (primary N) is 1. The predicted octanol–water partition coefficient (Wildman–Crippen LogP) is 1.63. The molecule has 2 N–H and O–H groups in total. The standard InChI is InChI=1S/C11H13NO2/c1-8(2)11(13)14-10-6-4-3-5-9(10)7-12/h3-6H,1,7,12H2,2H3. The Morgan fingerprint density at radius 2 is 2.14 bits per heavy atom. The van der Waals surface area contributed by atoms with Crippen molar-refractivity contribution in [2.75, 3.05) is 0 Å². The van der Waals surface area contributed by atoms with E-state index < -0.39 is 5.97 Å². The summed E-state index contributed by atoms with van der Waals surface area (Å²) in [6.07, 6.45) is 0. The third-order valence-electron chi connectivity index (χ3n) is 1.74. The van der Waals surface area contributed by atoms with Crippen molar-refractivity contribution in [3.8, 4) is 5.75 Å². The van der Waals surface area contributed by atoms with Gasteiger partial charge in [-0.05, 0) is 13.0 Å². The van der Waals surface area contributed by atoms with E-state index in [0.29, 0.717) is 17.9 Å². The summed E-state index contributed by atoms with van der Waals surface area (Å²) in [6, 6.07) is 7.17. The smallest absolute Gasteiger partial charge is 0.338 e. The Morgan fingerprint density at radius 3 is 2.71 bits per heavy atom. The molecule has 3 heteroatoms. The molecule has 0 radical (unpaired) electrons. The van der Waals surface area contributed by atoms with E-state index in [-0.39, 0.29) is 0 Å². The van der Waals surface area contributed by atoms with E-state index in [0.717, 1.165) is 5.56 Å². The highest BCUT2D eigenvalue weighted by molar-refractivity contribution is 5.88. The van der Waals surface area contributed by atoms with Crippen molar-refractivity contribution in [2.45, 2.75) is 13.5 Å². The van der Waals surface area contributed by atoms with Crippen LogP contribution in [0.15, 0.2) is 36.4 Å². The minimum absolute atomic E-state index is 0.347. The number of rotatable bonds is 3. The lowest BCUT2D eigenvalue weighted by Crippen LogP contribution is -2.10. The molecule has 0 atom stereocenters. The zero-order valence-corrected chi connectivity index (χ0v) is 8.12. The molecule has 0 bridgehead atoms. The van der Waals surface area contributed by atoms with Gasteiger partial charge in [-0.1, -0.05) is 24.8 Å². The van der Waals surface area contributed by atoms with E-state index >= 15 is 0 Å². The summed E-state index contributed by atoms with van der Waals surface area (Å²) in [5, 5.41) is 0. The highest BCUT2D eigenvalue weighted by Crippen LogP contribution is 2.17. The Kier molecular flexibility index (Phi) is 3.42. The van der Waals surface area contributed by atoms with E-state index in [1.807, 2.05) is 12.1 Å². The summed E-state index contributed by atoms with van der Waals surface area (Å²) in [5.74, 6) is 0.0777. The molecule has 0 aliphatic carbocycles. The monoisotopic (exact) mass is 191 g/mol. The van der Waals surface area contributed by atoms with Crippen molar-refractivity contribution in [1.29, 1.82) is 0 Å². The van der Waals surface area contributed by atoms with Gasteiger partial charge in [0.2, 0.25) is 0 Å². The number of esters is 1. The third-order valence-corrected chi connectivity index (χ3v) is 1.74. The highest BCUT2D eigenvalue weighted by atomic mass is 16.5. The first-order chi connectivity index (χ1) is 6.65. The van der Waals surface area contributed by atoms with Gasteiger partial charge in [-0.25, -0.2) is 4.79 Å². The predicted molar refractivity (Wildman–Crippen MR) is 54.8 cm³/mol. The molecule has 0 spiro atoms. The number of carbonyl (C=O) groups is 1. The molecular formula is C11H13NO2. The summed E-state index contributed by atoms with van der Waals surface area (Å²) in [5.41, 5.74) is 6.67. The van der Waals surface area contributed by atoms with Gasteiger partial charge in [0.05, 0.1) is 0 Å². The number of carbonyl (C=O) groups excluding carboxylic acids is 1. The van der Waals surface area contributed by atoms with E-state index in [2.05, 4.69) is 6.58 Å². The zero-order valence-electron chi connectivity index (χ0n) is 8.12. The molecule has 0 fully saturated rings. The first kappa shape index (κ1) is 10.5. The van der Waals surface area contributed by atoms with Crippen molar-refractivity contribution in [3.63, 3.8) is 0 Å². The molecular weight excluding hydrogens is 178 g/mol. The van der Waals surface area contributed by atoms with E-state index in [4.69, 9.17) is 10.5 Å². The lowest BCUT2D eigenvalue weighted by molar-refractivity contribution is -0.130. The molecule has 74 valence electrons. The summed E-state index contributed by atoms with van der Waals surface area (Å²) < 4.78 is 5.08. The van der Waals surface area contributed by atoms with Crippen LogP contribution in [0.3, 0.4) is 0 Å². The van der Waals surface area contributed by atoms with Crippen molar-refractivity contribution in [3.05, 3.63) is 42.0 Å². The average molecular weight is 191 g/mol. The Bertz CT molecular complexity index is 358. The van der Waals surface area contributed by atoms with Crippen LogP contribution in [0.4, 0.5) is 0 Å². The fourth-order valence-corrected chi connectivity index (χ4v) is 0.959. The molecule has 14 heavy (non-hydrogen) atoms.